The van der Waals surface area contributed by atoms with Crippen molar-refractivity contribution in [2.75, 3.05) is 7.11 Å². The van der Waals surface area contributed by atoms with Gasteiger partial charge in [0.2, 0.25) is 7.11 Å². The Morgan fingerprint density at radius 1 is 1.56 bits per heavy atom. The van der Waals surface area contributed by atoms with Gasteiger partial charge in [0.25, 0.3) is 0 Å². The van der Waals surface area contributed by atoms with E-state index >= 15 is 0 Å². The number of hydrogen-bond acceptors (Lipinski definition) is 0. The molecule has 0 aromatic carbocycles. The van der Waals surface area contributed by atoms with E-state index < -0.39 is 0 Å². The lowest BCUT2D eigenvalue weighted by Gasteiger charge is -1.92. The molecule has 0 aliphatic heterocycles. The van der Waals surface area contributed by atoms with Crippen molar-refractivity contribution in [2.45, 2.75) is 25.7 Å². The molecule has 0 N–H and O–H groups in total. The van der Waals surface area contributed by atoms with Crippen molar-refractivity contribution in [3.63, 3.8) is 0 Å². The minimum Gasteiger partial charge on any atom is -0.459 e. The van der Waals surface area contributed by atoms with E-state index in [4.69, 9.17) is 0 Å². The Balaban J connectivity index is 2.82. The summed E-state index contributed by atoms with van der Waals surface area (Å²) in [6, 6.07) is 0. The first-order valence-electron chi connectivity index (χ1n) is 3.28. The van der Waals surface area contributed by atoms with Gasteiger partial charge in [-0.2, -0.15) is 0 Å². The molecule has 0 unspecified atom stereocenters. The van der Waals surface area contributed by atoms with E-state index in [1.807, 2.05) is 6.08 Å². The normalized spacial score (nSPS) is 10.3. The molecule has 0 aliphatic carbocycles. The van der Waals surface area contributed by atoms with Gasteiger partial charge in [-0.1, -0.05) is 18.9 Å². The fourth-order valence-corrected chi connectivity index (χ4v) is 0.588. The van der Waals surface area contributed by atoms with E-state index in [1.54, 1.807) is 7.11 Å². The molecule has 52 valence electrons. The molecule has 0 aliphatic rings. The molecule has 0 heterocycles. The molecule has 0 rings (SSSR count). The average Bonchev–Trinajstić information content (AvgIpc) is 1.89. The Bertz CT molecular complexity index is 84.6. The van der Waals surface area contributed by atoms with E-state index in [0.717, 1.165) is 19.3 Å². The maximum atomic E-state index is 4.65. The smallest absolute Gasteiger partial charge is 0.208 e. The summed E-state index contributed by atoms with van der Waals surface area (Å²) in [7, 11) is 1.63. The van der Waals surface area contributed by atoms with Crippen LogP contribution in [0.4, 0.5) is 0 Å². The molecule has 0 aromatic rings. The molecule has 0 fully saturated rings. The molecule has 0 radical (unpaired) electrons. The second-order valence-corrected chi connectivity index (χ2v) is 1.88. The fraction of sp³-hybridized carbons (Fsp3) is 0.625. The third kappa shape index (κ3) is 7.41. The lowest BCUT2D eigenvalue weighted by atomic mass is 10.2. The Morgan fingerprint density at radius 2 is 2.33 bits per heavy atom. The first kappa shape index (κ1) is 8.41. The Hall–Kier alpha value is -0.590. The Morgan fingerprint density at radius 3 is 2.89 bits per heavy atom. The number of allylic oxidation sites excluding steroid dienone is 1. The van der Waals surface area contributed by atoms with Gasteiger partial charge >= 0.3 is 0 Å². The van der Waals surface area contributed by atoms with Gasteiger partial charge < -0.3 is 4.42 Å². The first-order valence-corrected chi connectivity index (χ1v) is 3.28. The second-order valence-electron chi connectivity index (χ2n) is 1.88. The average molecular weight is 126 g/mol. The highest BCUT2D eigenvalue weighted by atomic mass is 16.4. The predicted octanol–water partition coefficient (Wildman–Crippen LogP) is 2.01. The van der Waals surface area contributed by atoms with Crippen LogP contribution in [0, 0.1) is 0 Å². The van der Waals surface area contributed by atoms with Gasteiger partial charge in [0, 0.05) is 0 Å². The molecule has 0 saturated carbocycles. The number of unbranched alkanes of at least 4 members (excludes halogenated alkanes) is 3. The largest absolute Gasteiger partial charge is 0.459 e. The SMILES string of the molecule is C=CCCCC[C-]=[O+]C. The summed E-state index contributed by atoms with van der Waals surface area (Å²) < 4.78 is 4.65. The number of carbonyl (C=O) groups excluding carboxylic acids is 1. The van der Waals surface area contributed by atoms with Crippen LogP contribution >= 0.6 is 0 Å². The summed E-state index contributed by atoms with van der Waals surface area (Å²) in [5.74, 6) is 0. The van der Waals surface area contributed by atoms with Crippen molar-refractivity contribution in [1.82, 2.24) is 0 Å². The van der Waals surface area contributed by atoms with Crippen LogP contribution in [0.1, 0.15) is 25.7 Å². The summed E-state index contributed by atoms with van der Waals surface area (Å²) in [4.78, 5) is 0. The zero-order chi connectivity index (χ0) is 6.95. The molecule has 0 bridgehead atoms. The fourth-order valence-electron chi connectivity index (χ4n) is 0.588. The molecule has 0 amide bonds. The van der Waals surface area contributed by atoms with Crippen molar-refractivity contribution in [2.24, 2.45) is 0 Å². The standard InChI is InChI=1S/C8H14O/c1-3-4-5-6-7-8-9-2/h3H,1,4-7H2,2H3. The Kier molecular flexibility index (Phi) is 6.92. The summed E-state index contributed by atoms with van der Waals surface area (Å²) in [5, 5.41) is 0. The molecule has 1 nitrogen and oxygen atoms in total. The van der Waals surface area contributed by atoms with E-state index in [0.29, 0.717) is 0 Å². The van der Waals surface area contributed by atoms with Gasteiger partial charge in [-0.25, -0.2) is 0 Å². The van der Waals surface area contributed by atoms with Crippen LogP contribution in [0.15, 0.2) is 12.7 Å². The van der Waals surface area contributed by atoms with Crippen molar-refractivity contribution in [3.8, 4) is 0 Å². The molecular formula is C8H14O. The highest BCUT2D eigenvalue weighted by molar-refractivity contribution is 5.50. The van der Waals surface area contributed by atoms with Gasteiger partial charge in [0.05, 0.1) is 0 Å². The molecule has 9 heavy (non-hydrogen) atoms. The van der Waals surface area contributed by atoms with Gasteiger partial charge in [0.15, 0.2) is 0 Å². The predicted molar refractivity (Wildman–Crippen MR) is 40.3 cm³/mol. The lowest BCUT2D eigenvalue weighted by molar-refractivity contribution is 0.181. The van der Waals surface area contributed by atoms with Gasteiger partial charge in [0.1, 0.15) is 0 Å². The maximum absolute atomic E-state index is 4.65. The van der Waals surface area contributed by atoms with Crippen LogP contribution < -0.4 is 0 Å². The van der Waals surface area contributed by atoms with Crippen LogP contribution in [-0.4, -0.2) is 13.4 Å². The van der Waals surface area contributed by atoms with Crippen molar-refractivity contribution < 1.29 is 4.42 Å². The van der Waals surface area contributed by atoms with E-state index in [9.17, 15) is 0 Å². The molecule has 0 saturated heterocycles. The lowest BCUT2D eigenvalue weighted by Crippen LogP contribution is -1.78. The molecule has 0 spiro atoms. The van der Waals surface area contributed by atoms with Gasteiger partial charge in [-0.15, -0.1) is 13.0 Å². The molecule has 0 aromatic heterocycles. The minimum atomic E-state index is 0.935. The van der Waals surface area contributed by atoms with Crippen LogP contribution in [-0.2, 0) is 4.42 Å². The third-order valence-corrected chi connectivity index (χ3v) is 1.08. The highest BCUT2D eigenvalue weighted by Gasteiger charge is 1.78. The summed E-state index contributed by atoms with van der Waals surface area (Å²) in [6.07, 6.45) is 9.09. The van der Waals surface area contributed by atoms with E-state index in [1.165, 1.54) is 6.42 Å². The van der Waals surface area contributed by atoms with Gasteiger partial charge in [-0.05, 0) is 12.7 Å². The summed E-state index contributed by atoms with van der Waals surface area (Å²) in [5.41, 5.74) is 0. The number of hydrogen-bond donors (Lipinski definition) is 0. The van der Waals surface area contributed by atoms with Crippen LogP contribution in [0.2, 0.25) is 0 Å². The van der Waals surface area contributed by atoms with E-state index in [-0.39, 0.29) is 0 Å². The maximum Gasteiger partial charge on any atom is 0.208 e. The van der Waals surface area contributed by atoms with Crippen LogP contribution in [0.5, 0.6) is 0 Å². The molecule has 1 heteroatoms. The topological polar surface area (TPSA) is 11.3 Å². The number of rotatable bonds is 5. The molecule has 0 atom stereocenters. The monoisotopic (exact) mass is 126 g/mol. The zero-order valence-electron chi connectivity index (χ0n) is 6.02. The van der Waals surface area contributed by atoms with Crippen molar-refractivity contribution >= 4 is 6.29 Å². The van der Waals surface area contributed by atoms with Gasteiger partial charge in [-0.3, -0.25) is 0 Å². The highest BCUT2D eigenvalue weighted by Crippen LogP contribution is 1.96. The van der Waals surface area contributed by atoms with E-state index in [2.05, 4.69) is 17.3 Å². The molecular weight excluding hydrogens is 112 g/mol. The first-order chi connectivity index (χ1) is 4.41. The Labute approximate surface area is 57.1 Å². The van der Waals surface area contributed by atoms with Crippen LogP contribution in [0.3, 0.4) is 0 Å². The minimum absolute atomic E-state index is 0.935. The summed E-state index contributed by atoms with van der Waals surface area (Å²) >= 11 is 0. The second kappa shape index (κ2) is 7.41. The quantitative estimate of drug-likeness (QED) is 0.231. The zero-order valence-corrected chi connectivity index (χ0v) is 6.02. The third-order valence-electron chi connectivity index (χ3n) is 1.08. The van der Waals surface area contributed by atoms with Crippen molar-refractivity contribution in [3.05, 3.63) is 12.7 Å². The van der Waals surface area contributed by atoms with Crippen LogP contribution in [0.25, 0.3) is 0 Å². The summed E-state index contributed by atoms with van der Waals surface area (Å²) in [6.45, 7) is 3.63. The van der Waals surface area contributed by atoms with Crippen molar-refractivity contribution in [1.29, 1.82) is 0 Å².